The standard InChI is InChI=1S/C22H23ClN4OS/c1-15-6-7-18-20(12-15)29-22(24-18)27-13-16(14-27)21(28)26-10-8-25(9-11-26)19-5-3-2-4-17(19)23/h2-7,12,16H,8-11,13-14H2,1H3. The smallest absolute Gasteiger partial charge is 0.229 e. The van der Waals surface area contributed by atoms with Gasteiger partial charge in [0.1, 0.15) is 0 Å². The number of carbonyl (C=O) groups is 1. The SMILES string of the molecule is Cc1ccc2nc(N3CC(C(=O)N4CCN(c5ccccc5Cl)CC4)C3)sc2c1. The van der Waals surface area contributed by atoms with Crippen LogP contribution in [-0.2, 0) is 4.79 Å². The van der Waals surface area contributed by atoms with Crippen LogP contribution in [0, 0.1) is 12.8 Å². The molecule has 29 heavy (non-hydrogen) atoms. The highest BCUT2D eigenvalue weighted by atomic mass is 35.5. The van der Waals surface area contributed by atoms with E-state index in [9.17, 15) is 4.79 Å². The Morgan fingerprint density at radius 1 is 1.07 bits per heavy atom. The van der Waals surface area contributed by atoms with E-state index in [1.807, 2.05) is 29.2 Å². The van der Waals surface area contributed by atoms with E-state index < -0.39 is 0 Å². The lowest BCUT2D eigenvalue weighted by molar-refractivity contribution is -0.136. The molecule has 5 nitrogen and oxygen atoms in total. The summed E-state index contributed by atoms with van der Waals surface area (Å²) < 4.78 is 1.21. The van der Waals surface area contributed by atoms with Crippen LogP contribution in [0.4, 0.5) is 10.8 Å². The number of benzene rings is 2. The molecule has 5 rings (SSSR count). The Bertz CT molecular complexity index is 1050. The minimum absolute atomic E-state index is 0.0793. The van der Waals surface area contributed by atoms with Crippen LogP contribution in [0.2, 0.25) is 5.02 Å². The van der Waals surface area contributed by atoms with Gasteiger partial charge < -0.3 is 14.7 Å². The number of piperazine rings is 1. The largest absolute Gasteiger partial charge is 0.367 e. The van der Waals surface area contributed by atoms with Crippen molar-refractivity contribution in [1.29, 1.82) is 0 Å². The first-order chi connectivity index (χ1) is 14.1. The molecule has 2 aromatic carbocycles. The summed E-state index contributed by atoms with van der Waals surface area (Å²) in [6.45, 7) is 6.78. The number of halogens is 1. The summed E-state index contributed by atoms with van der Waals surface area (Å²) in [4.78, 5) is 24.2. The minimum Gasteiger partial charge on any atom is -0.367 e. The number of aromatic nitrogens is 1. The van der Waals surface area contributed by atoms with E-state index in [-0.39, 0.29) is 11.8 Å². The Morgan fingerprint density at radius 3 is 2.59 bits per heavy atom. The van der Waals surface area contributed by atoms with Crippen LogP contribution in [0.15, 0.2) is 42.5 Å². The van der Waals surface area contributed by atoms with Crippen LogP contribution in [-0.4, -0.2) is 55.1 Å². The second kappa shape index (κ2) is 7.50. The maximum atomic E-state index is 12.9. The number of amides is 1. The van der Waals surface area contributed by atoms with E-state index in [2.05, 4.69) is 34.9 Å². The van der Waals surface area contributed by atoms with E-state index >= 15 is 0 Å². The van der Waals surface area contributed by atoms with Gasteiger partial charge in [-0.25, -0.2) is 4.98 Å². The van der Waals surface area contributed by atoms with Crippen LogP contribution in [0.25, 0.3) is 10.2 Å². The molecule has 0 radical (unpaired) electrons. The number of nitrogens with zero attached hydrogens (tertiary/aromatic N) is 4. The number of rotatable bonds is 3. The van der Waals surface area contributed by atoms with E-state index in [4.69, 9.17) is 16.6 Å². The number of anilines is 2. The topological polar surface area (TPSA) is 39.7 Å². The predicted octanol–water partition coefficient (Wildman–Crippen LogP) is 4.04. The molecule has 2 aliphatic rings. The fourth-order valence-corrected chi connectivity index (χ4v) is 5.42. The lowest BCUT2D eigenvalue weighted by Gasteiger charge is -2.43. The maximum absolute atomic E-state index is 12.9. The summed E-state index contributed by atoms with van der Waals surface area (Å²) in [5.74, 6) is 0.354. The molecule has 1 aromatic heterocycles. The first kappa shape index (κ1) is 18.7. The van der Waals surface area contributed by atoms with Gasteiger partial charge in [-0.05, 0) is 36.8 Å². The number of thiazole rings is 1. The van der Waals surface area contributed by atoms with Crippen LogP contribution >= 0.6 is 22.9 Å². The fourth-order valence-electron chi connectivity index (χ4n) is 4.08. The molecule has 2 aliphatic heterocycles. The zero-order valence-corrected chi connectivity index (χ0v) is 17.9. The molecular weight excluding hydrogens is 404 g/mol. The van der Waals surface area contributed by atoms with E-state index in [0.29, 0.717) is 0 Å². The molecule has 0 saturated carbocycles. The molecule has 2 fully saturated rings. The quantitative estimate of drug-likeness (QED) is 0.633. The third kappa shape index (κ3) is 3.55. The van der Waals surface area contributed by atoms with Crippen LogP contribution < -0.4 is 9.80 Å². The molecule has 7 heteroatoms. The number of hydrogen-bond donors (Lipinski definition) is 0. The number of aryl methyl sites for hydroxylation is 1. The van der Waals surface area contributed by atoms with Gasteiger partial charge in [0.2, 0.25) is 5.91 Å². The van der Waals surface area contributed by atoms with Gasteiger partial charge >= 0.3 is 0 Å². The molecular formula is C22H23ClN4OS. The van der Waals surface area contributed by atoms with Crippen LogP contribution in [0.1, 0.15) is 5.56 Å². The van der Waals surface area contributed by atoms with Gasteiger partial charge in [-0.15, -0.1) is 0 Å². The van der Waals surface area contributed by atoms with Crippen molar-refractivity contribution < 1.29 is 4.79 Å². The zero-order chi connectivity index (χ0) is 20.0. The Morgan fingerprint density at radius 2 is 1.83 bits per heavy atom. The average Bonchev–Trinajstić information content (AvgIpc) is 3.10. The van der Waals surface area contributed by atoms with Crippen molar-refractivity contribution >= 4 is 49.9 Å². The highest BCUT2D eigenvalue weighted by Gasteiger charge is 2.37. The molecule has 0 N–H and O–H groups in total. The fraction of sp³-hybridized carbons (Fsp3) is 0.364. The molecule has 1 amide bonds. The van der Waals surface area contributed by atoms with Crippen molar-refractivity contribution in [3.8, 4) is 0 Å². The molecule has 0 bridgehead atoms. The Labute approximate surface area is 179 Å². The minimum atomic E-state index is 0.0793. The summed E-state index contributed by atoms with van der Waals surface area (Å²) in [5.41, 5.74) is 3.35. The highest BCUT2D eigenvalue weighted by Crippen LogP contribution is 2.34. The van der Waals surface area contributed by atoms with E-state index in [1.54, 1.807) is 11.3 Å². The third-order valence-corrected chi connectivity index (χ3v) is 7.22. The van der Waals surface area contributed by atoms with Crippen molar-refractivity contribution in [2.24, 2.45) is 5.92 Å². The summed E-state index contributed by atoms with van der Waals surface area (Å²) in [6, 6.07) is 14.3. The number of fused-ring (bicyclic) bond motifs is 1. The summed E-state index contributed by atoms with van der Waals surface area (Å²) in [7, 11) is 0. The van der Waals surface area contributed by atoms with Gasteiger partial charge in [0.05, 0.1) is 26.8 Å². The van der Waals surface area contributed by atoms with Crippen molar-refractivity contribution in [1.82, 2.24) is 9.88 Å². The van der Waals surface area contributed by atoms with E-state index in [1.165, 1.54) is 10.3 Å². The van der Waals surface area contributed by atoms with Gasteiger partial charge in [0.25, 0.3) is 0 Å². The van der Waals surface area contributed by atoms with Gasteiger partial charge in [-0.1, -0.05) is 41.1 Å². The summed E-state index contributed by atoms with van der Waals surface area (Å²) in [6.07, 6.45) is 0. The van der Waals surface area contributed by atoms with Gasteiger partial charge in [0.15, 0.2) is 5.13 Å². The van der Waals surface area contributed by atoms with Crippen molar-refractivity contribution in [2.45, 2.75) is 6.92 Å². The first-order valence-electron chi connectivity index (χ1n) is 9.99. The maximum Gasteiger partial charge on any atom is 0.229 e. The van der Waals surface area contributed by atoms with Gasteiger partial charge in [-0.3, -0.25) is 4.79 Å². The Balaban J connectivity index is 1.17. The monoisotopic (exact) mass is 426 g/mol. The molecule has 0 aliphatic carbocycles. The Hall–Kier alpha value is -2.31. The van der Waals surface area contributed by atoms with Crippen molar-refractivity contribution in [3.63, 3.8) is 0 Å². The first-order valence-corrected chi connectivity index (χ1v) is 11.2. The lowest BCUT2D eigenvalue weighted by atomic mass is 9.99. The predicted molar refractivity (Wildman–Crippen MR) is 120 cm³/mol. The second-order valence-corrected chi connectivity index (χ2v) is 9.25. The molecule has 3 heterocycles. The highest BCUT2D eigenvalue weighted by molar-refractivity contribution is 7.22. The van der Waals surface area contributed by atoms with Crippen LogP contribution in [0.5, 0.6) is 0 Å². The molecule has 0 spiro atoms. The van der Waals surface area contributed by atoms with E-state index in [0.717, 1.165) is 60.6 Å². The molecule has 0 unspecified atom stereocenters. The summed E-state index contributed by atoms with van der Waals surface area (Å²) >= 11 is 8.03. The molecule has 0 atom stereocenters. The normalized spacial score (nSPS) is 17.7. The van der Waals surface area contributed by atoms with Gasteiger partial charge in [-0.2, -0.15) is 0 Å². The summed E-state index contributed by atoms with van der Waals surface area (Å²) in [5, 5.41) is 1.80. The number of carbonyl (C=O) groups excluding carboxylic acids is 1. The molecule has 2 saturated heterocycles. The second-order valence-electron chi connectivity index (χ2n) is 7.83. The average molecular weight is 427 g/mol. The third-order valence-electron chi connectivity index (χ3n) is 5.82. The van der Waals surface area contributed by atoms with Crippen molar-refractivity contribution in [2.75, 3.05) is 49.1 Å². The Kier molecular flexibility index (Phi) is 4.84. The lowest BCUT2D eigenvalue weighted by Crippen LogP contribution is -2.58. The van der Waals surface area contributed by atoms with Gasteiger partial charge in [0, 0.05) is 39.3 Å². The van der Waals surface area contributed by atoms with Crippen LogP contribution in [0.3, 0.4) is 0 Å². The number of hydrogen-bond acceptors (Lipinski definition) is 5. The zero-order valence-electron chi connectivity index (χ0n) is 16.3. The van der Waals surface area contributed by atoms with Crippen molar-refractivity contribution in [3.05, 3.63) is 53.1 Å². The molecule has 150 valence electrons. The molecule has 3 aromatic rings. The number of para-hydroxylation sites is 1.